The fourth-order valence-corrected chi connectivity index (χ4v) is 3.48. The van der Waals surface area contributed by atoms with Gasteiger partial charge in [-0.3, -0.25) is 4.79 Å². The molecule has 28 heavy (non-hydrogen) atoms. The number of benzene rings is 2. The van der Waals surface area contributed by atoms with E-state index in [1.165, 1.54) is 5.56 Å². The largest absolute Gasteiger partial charge is 0.336 e. The second kappa shape index (κ2) is 7.94. The van der Waals surface area contributed by atoms with Gasteiger partial charge in [-0.2, -0.15) is 0 Å². The highest BCUT2D eigenvalue weighted by Crippen LogP contribution is 2.25. The molecule has 0 spiro atoms. The van der Waals surface area contributed by atoms with Crippen LogP contribution in [0, 0.1) is 0 Å². The van der Waals surface area contributed by atoms with E-state index in [4.69, 9.17) is 4.98 Å². The van der Waals surface area contributed by atoms with E-state index in [1.54, 1.807) is 0 Å². The van der Waals surface area contributed by atoms with Crippen molar-refractivity contribution in [2.45, 2.75) is 19.8 Å². The molecule has 0 saturated carbocycles. The lowest BCUT2D eigenvalue weighted by Gasteiger charge is -2.27. The maximum Gasteiger partial charge on any atom is 0.253 e. The summed E-state index contributed by atoms with van der Waals surface area (Å²) in [7, 11) is 0. The summed E-state index contributed by atoms with van der Waals surface area (Å²) < 4.78 is 0. The summed E-state index contributed by atoms with van der Waals surface area (Å²) in [4.78, 5) is 23.6. The molecule has 6 heteroatoms. The molecule has 144 valence electrons. The van der Waals surface area contributed by atoms with Crippen molar-refractivity contribution in [2.75, 3.05) is 31.5 Å². The number of carbonyl (C=O) groups is 1. The van der Waals surface area contributed by atoms with E-state index in [-0.39, 0.29) is 5.91 Å². The van der Waals surface area contributed by atoms with E-state index < -0.39 is 0 Å². The van der Waals surface area contributed by atoms with Crippen LogP contribution in [0.25, 0.3) is 10.9 Å². The summed E-state index contributed by atoms with van der Waals surface area (Å²) in [6, 6.07) is 13.7. The fraction of sp³-hybridized carbons (Fsp3) is 0.318. The topological polar surface area (TPSA) is 70.2 Å². The van der Waals surface area contributed by atoms with Gasteiger partial charge in [-0.25, -0.2) is 9.97 Å². The molecule has 0 unspecified atom stereocenters. The van der Waals surface area contributed by atoms with Crippen molar-refractivity contribution in [1.82, 2.24) is 20.2 Å². The number of carbonyl (C=O) groups excluding carboxylic acids is 1. The van der Waals surface area contributed by atoms with Crippen LogP contribution in [0.1, 0.15) is 35.7 Å². The first-order chi connectivity index (χ1) is 13.6. The minimum absolute atomic E-state index is 0.0802. The standard InChI is InChI=1S/C22H25N5O/c1-15(2)19-5-3-4-17-14-24-22(26-20(17)19)25-18-8-6-16(7-9-18)21(28)27-12-10-23-11-13-27/h3-9,14-15,23H,10-13H2,1-2H3,(H,24,25,26). The average molecular weight is 375 g/mol. The van der Waals surface area contributed by atoms with Gasteiger partial charge in [-0.1, -0.05) is 32.0 Å². The quantitative estimate of drug-likeness (QED) is 0.730. The Kier molecular flexibility index (Phi) is 5.21. The van der Waals surface area contributed by atoms with Gasteiger partial charge in [0.2, 0.25) is 5.95 Å². The summed E-state index contributed by atoms with van der Waals surface area (Å²) in [6.45, 7) is 7.53. The number of piperazine rings is 1. The zero-order chi connectivity index (χ0) is 19.5. The predicted octanol–water partition coefficient (Wildman–Crippen LogP) is 3.54. The van der Waals surface area contributed by atoms with Gasteiger partial charge < -0.3 is 15.5 Å². The van der Waals surface area contributed by atoms with Gasteiger partial charge >= 0.3 is 0 Å². The molecule has 1 aliphatic heterocycles. The SMILES string of the molecule is CC(C)c1cccc2cnc(Nc3ccc(C(=O)N4CCNCC4)cc3)nc12. The summed E-state index contributed by atoms with van der Waals surface area (Å²) in [5, 5.41) is 7.55. The molecule has 1 saturated heterocycles. The third kappa shape index (κ3) is 3.82. The number of aromatic nitrogens is 2. The lowest BCUT2D eigenvalue weighted by molar-refractivity contribution is 0.0736. The molecular formula is C22H25N5O. The number of para-hydroxylation sites is 1. The summed E-state index contributed by atoms with van der Waals surface area (Å²) in [5.41, 5.74) is 3.74. The maximum atomic E-state index is 12.6. The first-order valence-electron chi connectivity index (χ1n) is 9.74. The van der Waals surface area contributed by atoms with Gasteiger partial charge in [-0.05, 0) is 35.7 Å². The molecule has 3 aromatic rings. The summed E-state index contributed by atoms with van der Waals surface area (Å²) in [6.07, 6.45) is 1.85. The Labute approximate surface area is 165 Å². The highest BCUT2D eigenvalue weighted by molar-refractivity contribution is 5.94. The molecule has 0 radical (unpaired) electrons. The molecule has 0 bridgehead atoms. The number of anilines is 2. The van der Waals surface area contributed by atoms with Gasteiger partial charge in [-0.15, -0.1) is 0 Å². The molecule has 2 aromatic carbocycles. The molecule has 6 nitrogen and oxygen atoms in total. The first kappa shape index (κ1) is 18.4. The zero-order valence-electron chi connectivity index (χ0n) is 16.3. The van der Waals surface area contributed by atoms with Crippen LogP contribution in [0.2, 0.25) is 0 Å². The Morgan fingerprint density at radius 3 is 2.57 bits per heavy atom. The van der Waals surface area contributed by atoms with Crippen molar-refractivity contribution in [3.63, 3.8) is 0 Å². The molecule has 1 aliphatic rings. The van der Waals surface area contributed by atoms with Crippen molar-refractivity contribution in [1.29, 1.82) is 0 Å². The van der Waals surface area contributed by atoms with Crippen molar-refractivity contribution in [2.24, 2.45) is 0 Å². The van der Waals surface area contributed by atoms with Crippen molar-refractivity contribution in [3.8, 4) is 0 Å². The van der Waals surface area contributed by atoms with E-state index in [0.717, 1.165) is 42.8 Å². The number of fused-ring (bicyclic) bond motifs is 1. The molecule has 2 N–H and O–H groups in total. The van der Waals surface area contributed by atoms with Crippen LogP contribution < -0.4 is 10.6 Å². The lowest BCUT2D eigenvalue weighted by atomic mass is 10.0. The first-order valence-corrected chi connectivity index (χ1v) is 9.74. The van der Waals surface area contributed by atoms with Gasteiger partial charge in [0.1, 0.15) is 0 Å². The van der Waals surface area contributed by atoms with Crippen LogP contribution in [-0.2, 0) is 0 Å². The number of hydrogen-bond donors (Lipinski definition) is 2. The van der Waals surface area contributed by atoms with Crippen molar-refractivity contribution >= 4 is 28.4 Å². The van der Waals surface area contributed by atoms with Crippen LogP contribution in [0.4, 0.5) is 11.6 Å². The van der Waals surface area contributed by atoms with Crippen LogP contribution in [-0.4, -0.2) is 47.0 Å². The molecule has 1 amide bonds. The van der Waals surface area contributed by atoms with Crippen LogP contribution >= 0.6 is 0 Å². The van der Waals surface area contributed by atoms with E-state index in [1.807, 2.05) is 47.5 Å². The molecular weight excluding hydrogens is 350 g/mol. The third-order valence-electron chi connectivity index (χ3n) is 5.06. The number of nitrogens with zero attached hydrogens (tertiary/aromatic N) is 3. The second-order valence-electron chi connectivity index (χ2n) is 7.38. The smallest absolute Gasteiger partial charge is 0.253 e. The number of nitrogens with one attached hydrogen (secondary N) is 2. The predicted molar refractivity (Wildman–Crippen MR) is 112 cm³/mol. The van der Waals surface area contributed by atoms with Crippen molar-refractivity contribution in [3.05, 3.63) is 59.8 Å². The number of amides is 1. The van der Waals surface area contributed by atoms with E-state index in [2.05, 4.69) is 35.5 Å². The normalized spacial score (nSPS) is 14.5. The Morgan fingerprint density at radius 2 is 1.86 bits per heavy atom. The highest BCUT2D eigenvalue weighted by atomic mass is 16.2. The molecule has 1 fully saturated rings. The van der Waals surface area contributed by atoms with E-state index in [9.17, 15) is 4.79 Å². The monoisotopic (exact) mass is 375 g/mol. The van der Waals surface area contributed by atoms with Crippen molar-refractivity contribution < 1.29 is 4.79 Å². The van der Waals surface area contributed by atoms with Gasteiger partial charge in [0.05, 0.1) is 5.52 Å². The Hall–Kier alpha value is -2.99. The highest BCUT2D eigenvalue weighted by Gasteiger charge is 2.17. The Morgan fingerprint density at radius 1 is 1.11 bits per heavy atom. The lowest BCUT2D eigenvalue weighted by Crippen LogP contribution is -2.46. The third-order valence-corrected chi connectivity index (χ3v) is 5.06. The zero-order valence-corrected chi connectivity index (χ0v) is 16.3. The fourth-order valence-electron chi connectivity index (χ4n) is 3.48. The molecule has 1 aromatic heterocycles. The molecule has 0 atom stereocenters. The molecule has 0 aliphatic carbocycles. The minimum atomic E-state index is 0.0802. The van der Waals surface area contributed by atoms with Gasteiger partial charge in [0.25, 0.3) is 5.91 Å². The minimum Gasteiger partial charge on any atom is -0.336 e. The summed E-state index contributed by atoms with van der Waals surface area (Å²) >= 11 is 0. The number of hydrogen-bond acceptors (Lipinski definition) is 5. The van der Waals surface area contributed by atoms with Crippen LogP contribution in [0.3, 0.4) is 0 Å². The van der Waals surface area contributed by atoms with Crippen LogP contribution in [0.15, 0.2) is 48.7 Å². The molecule has 4 rings (SSSR count). The Balaban J connectivity index is 1.53. The maximum absolute atomic E-state index is 12.6. The van der Waals surface area contributed by atoms with Gasteiger partial charge in [0.15, 0.2) is 0 Å². The Bertz CT molecular complexity index is 978. The van der Waals surface area contributed by atoms with Crippen LogP contribution in [0.5, 0.6) is 0 Å². The molecule has 2 heterocycles. The number of rotatable bonds is 4. The summed E-state index contributed by atoms with van der Waals surface area (Å²) in [5.74, 6) is 1.03. The van der Waals surface area contributed by atoms with E-state index in [0.29, 0.717) is 17.4 Å². The average Bonchev–Trinajstić information content (AvgIpc) is 2.74. The second-order valence-corrected chi connectivity index (χ2v) is 7.38. The van der Waals surface area contributed by atoms with Gasteiger partial charge in [0, 0.05) is 49.0 Å². The van der Waals surface area contributed by atoms with E-state index >= 15 is 0 Å².